The fraction of sp³-hybridized carbons (Fsp3) is 0.933. The Bertz CT molecular complexity index is 336. The molecule has 0 aromatic rings. The standard InChI is InChI=1S/C15H25NO2/c1-9(2)13-11-4-10-5-12(13)8-15(6-10,7-11)16-14(17)18-3/h9-13H,4-8H2,1-3H3,(H,16,17)/t10?,11?,12?,13-,15-. The van der Waals surface area contributed by atoms with Gasteiger partial charge in [0.15, 0.2) is 0 Å². The lowest BCUT2D eigenvalue weighted by Crippen LogP contribution is -2.62. The Morgan fingerprint density at radius 2 is 1.83 bits per heavy atom. The molecule has 4 rings (SSSR count). The van der Waals surface area contributed by atoms with Crippen LogP contribution < -0.4 is 5.32 Å². The third-order valence-corrected chi connectivity index (χ3v) is 5.67. The molecule has 1 N–H and O–H groups in total. The van der Waals surface area contributed by atoms with Crippen molar-refractivity contribution in [1.82, 2.24) is 5.32 Å². The van der Waals surface area contributed by atoms with Gasteiger partial charge in [-0.05, 0) is 61.7 Å². The molecule has 3 heteroatoms. The Labute approximate surface area is 110 Å². The molecule has 4 aliphatic rings. The van der Waals surface area contributed by atoms with E-state index in [1.165, 1.54) is 39.2 Å². The highest BCUT2D eigenvalue weighted by Gasteiger charge is 2.56. The fourth-order valence-corrected chi connectivity index (χ4v) is 5.57. The second-order valence-corrected chi connectivity index (χ2v) is 7.19. The highest BCUT2D eigenvalue weighted by Crippen LogP contribution is 2.59. The molecule has 4 saturated carbocycles. The summed E-state index contributed by atoms with van der Waals surface area (Å²) in [6.45, 7) is 4.74. The third kappa shape index (κ3) is 1.83. The Morgan fingerprint density at radius 1 is 1.22 bits per heavy atom. The Hall–Kier alpha value is -0.730. The molecule has 0 aromatic carbocycles. The van der Waals surface area contributed by atoms with Crippen LogP contribution in [0.25, 0.3) is 0 Å². The van der Waals surface area contributed by atoms with Gasteiger partial charge in [-0.25, -0.2) is 4.79 Å². The van der Waals surface area contributed by atoms with E-state index in [-0.39, 0.29) is 11.6 Å². The molecule has 1 amide bonds. The van der Waals surface area contributed by atoms with Gasteiger partial charge in [0.25, 0.3) is 0 Å². The Balaban J connectivity index is 1.80. The van der Waals surface area contributed by atoms with Gasteiger partial charge in [-0.15, -0.1) is 0 Å². The normalized spacial score (nSPS) is 45.3. The van der Waals surface area contributed by atoms with Crippen LogP contribution in [-0.4, -0.2) is 18.7 Å². The molecule has 4 fully saturated rings. The lowest BCUT2D eigenvalue weighted by Gasteiger charge is -2.61. The summed E-state index contributed by atoms with van der Waals surface area (Å²) in [5, 5.41) is 3.17. The maximum Gasteiger partial charge on any atom is 0.407 e. The Morgan fingerprint density at radius 3 is 2.33 bits per heavy atom. The molecular formula is C15H25NO2. The van der Waals surface area contributed by atoms with Gasteiger partial charge in [-0.1, -0.05) is 13.8 Å². The molecule has 18 heavy (non-hydrogen) atoms. The van der Waals surface area contributed by atoms with Crippen LogP contribution in [0.2, 0.25) is 0 Å². The van der Waals surface area contributed by atoms with E-state index in [0.717, 1.165) is 29.6 Å². The van der Waals surface area contributed by atoms with Gasteiger partial charge in [0.2, 0.25) is 0 Å². The molecule has 102 valence electrons. The fourth-order valence-electron chi connectivity index (χ4n) is 5.57. The van der Waals surface area contributed by atoms with Crippen molar-refractivity contribution in [2.24, 2.45) is 29.6 Å². The van der Waals surface area contributed by atoms with Crippen LogP contribution in [0.15, 0.2) is 0 Å². The summed E-state index contributed by atoms with van der Waals surface area (Å²) in [7, 11) is 1.47. The lowest BCUT2D eigenvalue weighted by atomic mass is 9.47. The zero-order valence-electron chi connectivity index (χ0n) is 11.7. The average Bonchev–Trinajstić information content (AvgIpc) is 2.26. The van der Waals surface area contributed by atoms with E-state index in [1.54, 1.807) is 0 Å². The predicted molar refractivity (Wildman–Crippen MR) is 70.2 cm³/mol. The van der Waals surface area contributed by atoms with E-state index in [4.69, 9.17) is 4.74 Å². The van der Waals surface area contributed by atoms with Gasteiger partial charge in [0.05, 0.1) is 7.11 Å². The first-order valence-electron chi connectivity index (χ1n) is 7.39. The zero-order valence-corrected chi connectivity index (χ0v) is 11.7. The summed E-state index contributed by atoms with van der Waals surface area (Å²) in [6.07, 6.45) is 6.09. The van der Waals surface area contributed by atoms with Crippen LogP contribution in [0.4, 0.5) is 4.79 Å². The first-order valence-corrected chi connectivity index (χ1v) is 7.39. The number of alkyl carbamates (subject to hydrolysis) is 1. The van der Waals surface area contributed by atoms with E-state index >= 15 is 0 Å². The highest BCUT2D eigenvalue weighted by molar-refractivity contribution is 5.68. The molecule has 0 aliphatic heterocycles. The van der Waals surface area contributed by atoms with Crippen molar-refractivity contribution in [3.63, 3.8) is 0 Å². The molecule has 0 aromatic heterocycles. The van der Waals surface area contributed by atoms with Crippen molar-refractivity contribution in [2.75, 3.05) is 7.11 Å². The van der Waals surface area contributed by atoms with Gasteiger partial charge in [0.1, 0.15) is 0 Å². The van der Waals surface area contributed by atoms with Gasteiger partial charge in [-0.2, -0.15) is 0 Å². The van der Waals surface area contributed by atoms with Gasteiger partial charge in [-0.3, -0.25) is 0 Å². The zero-order chi connectivity index (χ0) is 12.9. The Kier molecular flexibility index (Phi) is 2.83. The largest absolute Gasteiger partial charge is 0.453 e. The van der Waals surface area contributed by atoms with Crippen molar-refractivity contribution in [3.8, 4) is 0 Å². The smallest absolute Gasteiger partial charge is 0.407 e. The summed E-state index contributed by atoms with van der Waals surface area (Å²) < 4.78 is 4.81. The van der Waals surface area contributed by atoms with Crippen LogP contribution in [0, 0.1) is 29.6 Å². The molecule has 2 unspecified atom stereocenters. The minimum absolute atomic E-state index is 0.0645. The van der Waals surface area contributed by atoms with Gasteiger partial charge < -0.3 is 10.1 Å². The van der Waals surface area contributed by atoms with E-state index in [9.17, 15) is 4.79 Å². The first-order chi connectivity index (χ1) is 8.53. The molecule has 0 heterocycles. The number of methoxy groups -OCH3 is 1. The number of hydrogen-bond acceptors (Lipinski definition) is 2. The second kappa shape index (κ2) is 4.14. The van der Waals surface area contributed by atoms with Crippen LogP contribution in [0.3, 0.4) is 0 Å². The summed E-state index contributed by atoms with van der Waals surface area (Å²) in [4.78, 5) is 11.6. The van der Waals surface area contributed by atoms with Gasteiger partial charge in [0, 0.05) is 5.54 Å². The third-order valence-electron chi connectivity index (χ3n) is 5.67. The van der Waals surface area contributed by atoms with E-state index in [0.29, 0.717) is 0 Å². The van der Waals surface area contributed by atoms with Crippen LogP contribution in [0.1, 0.15) is 46.0 Å². The molecule has 2 atom stereocenters. The molecule has 3 nitrogen and oxygen atoms in total. The molecule has 0 spiro atoms. The average molecular weight is 251 g/mol. The number of amides is 1. The number of hydrogen-bond donors (Lipinski definition) is 1. The lowest BCUT2D eigenvalue weighted by molar-refractivity contribution is -0.0796. The van der Waals surface area contributed by atoms with Crippen molar-refractivity contribution < 1.29 is 9.53 Å². The van der Waals surface area contributed by atoms with Crippen LogP contribution in [0.5, 0.6) is 0 Å². The topological polar surface area (TPSA) is 38.3 Å². The van der Waals surface area contributed by atoms with E-state index in [1.807, 2.05) is 0 Å². The molecular weight excluding hydrogens is 226 g/mol. The van der Waals surface area contributed by atoms with Crippen molar-refractivity contribution >= 4 is 6.09 Å². The van der Waals surface area contributed by atoms with Gasteiger partial charge >= 0.3 is 6.09 Å². The molecule has 4 bridgehead atoms. The minimum Gasteiger partial charge on any atom is -0.453 e. The van der Waals surface area contributed by atoms with Crippen LogP contribution in [-0.2, 0) is 4.74 Å². The highest BCUT2D eigenvalue weighted by atomic mass is 16.5. The van der Waals surface area contributed by atoms with Crippen molar-refractivity contribution in [1.29, 1.82) is 0 Å². The number of ether oxygens (including phenoxy) is 1. The van der Waals surface area contributed by atoms with Crippen molar-refractivity contribution in [2.45, 2.75) is 51.5 Å². The predicted octanol–water partition coefficient (Wildman–Crippen LogP) is 3.19. The summed E-state index contributed by atoms with van der Waals surface area (Å²) in [6, 6.07) is 0. The summed E-state index contributed by atoms with van der Waals surface area (Å²) in [5.74, 6) is 4.17. The second-order valence-electron chi connectivity index (χ2n) is 7.19. The molecule has 4 aliphatic carbocycles. The number of nitrogens with one attached hydrogen (secondary N) is 1. The molecule has 0 saturated heterocycles. The van der Waals surface area contributed by atoms with E-state index < -0.39 is 0 Å². The number of carbonyl (C=O) groups excluding carboxylic acids is 1. The van der Waals surface area contributed by atoms with Crippen LogP contribution >= 0.6 is 0 Å². The van der Waals surface area contributed by atoms with E-state index in [2.05, 4.69) is 19.2 Å². The molecule has 0 radical (unpaired) electrons. The maximum atomic E-state index is 11.6. The number of rotatable bonds is 2. The SMILES string of the molecule is COC(=O)N[C@]12CC3CC(C1)[C@@H](C(C)C)C(C3)C2. The summed E-state index contributed by atoms with van der Waals surface area (Å²) in [5.41, 5.74) is 0.0645. The monoisotopic (exact) mass is 251 g/mol. The quantitative estimate of drug-likeness (QED) is 0.818. The maximum absolute atomic E-state index is 11.6. The number of carbonyl (C=O) groups is 1. The minimum atomic E-state index is -0.238. The first kappa shape index (κ1) is 12.3. The van der Waals surface area contributed by atoms with Crippen molar-refractivity contribution in [3.05, 3.63) is 0 Å². The summed E-state index contributed by atoms with van der Waals surface area (Å²) >= 11 is 0.